The highest BCUT2D eigenvalue weighted by atomic mass is 32.1. The topological polar surface area (TPSA) is 61.0 Å². The van der Waals surface area contributed by atoms with Crippen molar-refractivity contribution in [3.63, 3.8) is 0 Å². The lowest BCUT2D eigenvalue weighted by Gasteiger charge is -2.31. The highest BCUT2D eigenvalue weighted by molar-refractivity contribution is 7.80. The van der Waals surface area contributed by atoms with Crippen molar-refractivity contribution in [2.24, 2.45) is 0 Å². The smallest absolute Gasteiger partial charge is 0.253 e. The molecule has 0 bridgehead atoms. The van der Waals surface area contributed by atoms with Crippen molar-refractivity contribution < 1.29 is 0 Å². The van der Waals surface area contributed by atoms with Gasteiger partial charge in [0.25, 0.3) is 5.56 Å². The van der Waals surface area contributed by atoms with Crippen LogP contribution in [0, 0.1) is 6.92 Å². The Morgan fingerprint density at radius 1 is 1.20 bits per heavy atom. The molecule has 1 aliphatic carbocycles. The van der Waals surface area contributed by atoms with Crippen LogP contribution in [-0.2, 0) is 13.1 Å². The lowest BCUT2D eigenvalue weighted by atomic mass is 9.96. The van der Waals surface area contributed by atoms with Crippen LogP contribution in [0.1, 0.15) is 48.8 Å². The van der Waals surface area contributed by atoms with E-state index in [-0.39, 0.29) is 5.56 Å². The first-order chi connectivity index (χ1) is 14.6. The number of hydrogen-bond acceptors (Lipinski definition) is 3. The lowest BCUT2D eigenvalue weighted by molar-refractivity contribution is 0.362. The Morgan fingerprint density at radius 2 is 2.03 bits per heavy atom. The first-order valence-corrected chi connectivity index (χ1v) is 11.1. The molecular weight excluding hydrogens is 392 g/mol. The van der Waals surface area contributed by atoms with E-state index in [0.29, 0.717) is 29.8 Å². The first kappa shape index (κ1) is 20.5. The minimum Gasteiger partial charge on any atom is -0.360 e. The number of nitrogens with zero attached hydrogens (tertiary/aromatic N) is 2. The van der Waals surface area contributed by atoms with E-state index in [1.165, 1.54) is 24.8 Å². The van der Waals surface area contributed by atoms with Crippen molar-refractivity contribution >= 4 is 28.2 Å². The maximum Gasteiger partial charge on any atom is 0.253 e. The normalized spacial score (nSPS) is 14.6. The zero-order chi connectivity index (χ0) is 20.9. The fourth-order valence-electron chi connectivity index (χ4n) is 4.12. The van der Waals surface area contributed by atoms with Crippen LogP contribution in [0.5, 0.6) is 0 Å². The summed E-state index contributed by atoms with van der Waals surface area (Å²) in [6.45, 7) is 3.12. The second kappa shape index (κ2) is 9.39. The predicted molar refractivity (Wildman–Crippen MR) is 125 cm³/mol. The Hall–Kier alpha value is -2.73. The highest BCUT2D eigenvalue weighted by Crippen LogP contribution is 2.19. The van der Waals surface area contributed by atoms with Gasteiger partial charge in [-0.25, -0.2) is 0 Å². The van der Waals surface area contributed by atoms with Gasteiger partial charge in [0.1, 0.15) is 0 Å². The maximum atomic E-state index is 12.8. The molecule has 3 aromatic rings. The summed E-state index contributed by atoms with van der Waals surface area (Å²) in [5.41, 5.74) is 3.74. The Balaban J connectivity index is 1.60. The molecule has 0 aliphatic heterocycles. The number of thiocarbonyl (C=S) groups is 1. The Bertz CT molecular complexity index is 1070. The number of H-pyrrole nitrogens is 1. The largest absolute Gasteiger partial charge is 0.360 e. The molecule has 156 valence electrons. The van der Waals surface area contributed by atoms with Gasteiger partial charge in [-0.2, -0.15) is 0 Å². The molecule has 1 aromatic carbocycles. The van der Waals surface area contributed by atoms with Crippen LogP contribution in [0.25, 0.3) is 10.9 Å². The molecule has 0 amide bonds. The van der Waals surface area contributed by atoms with Gasteiger partial charge in [0, 0.05) is 36.1 Å². The molecular formula is C24H28N4OS. The molecule has 0 radical (unpaired) electrons. The van der Waals surface area contributed by atoms with Crippen molar-refractivity contribution in [1.29, 1.82) is 0 Å². The quantitative estimate of drug-likeness (QED) is 0.598. The summed E-state index contributed by atoms with van der Waals surface area (Å²) < 4.78 is 0. The third kappa shape index (κ3) is 5.05. The lowest BCUT2D eigenvalue weighted by Crippen LogP contribution is -2.45. The fourth-order valence-corrected chi connectivity index (χ4v) is 4.41. The molecule has 1 saturated carbocycles. The summed E-state index contributed by atoms with van der Waals surface area (Å²) in [6, 6.07) is 12.4. The van der Waals surface area contributed by atoms with E-state index in [2.05, 4.69) is 33.2 Å². The summed E-state index contributed by atoms with van der Waals surface area (Å²) in [5.74, 6) is 0. The van der Waals surface area contributed by atoms with Crippen molar-refractivity contribution in [3.8, 4) is 0 Å². The number of nitrogens with one attached hydrogen (secondary N) is 2. The molecule has 0 unspecified atom stereocenters. The molecule has 2 aromatic heterocycles. The minimum absolute atomic E-state index is 0.0667. The van der Waals surface area contributed by atoms with Crippen molar-refractivity contribution in [2.45, 2.75) is 58.2 Å². The summed E-state index contributed by atoms with van der Waals surface area (Å²) in [7, 11) is 0. The van der Waals surface area contributed by atoms with E-state index < -0.39 is 0 Å². The number of aryl methyl sites for hydroxylation is 1. The summed E-state index contributed by atoms with van der Waals surface area (Å²) in [4.78, 5) is 22.1. The Labute approximate surface area is 182 Å². The van der Waals surface area contributed by atoms with E-state index in [4.69, 9.17) is 12.2 Å². The molecule has 30 heavy (non-hydrogen) atoms. The molecule has 2 heterocycles. The van der Waals surface area contributed by atoms with Gasteiger partial charge in [-0.05, 0) is 67.2 Å². The predicted octanol–water partition coefficient (Wildman–Crippen LogP) is 4.44. The number of aromatic nitrogens is 2. The van der Waals surface area contributed by atoms with Crippen LogP contribution in [0.15, 0.2) is 53.6 Å². The number of benzene rings is 1. The number of pyridine rings is 2. The maximum absolute atomic E-state index is 12.8. The Kier molecular flexibility index (Phi) is 6.43. The van der Waals surface area contributed by atoms with Crippen LogP contribution < -0.4 is 10.9 Å². The number of aromatic amines is 1. The molecule has 2 N–H and O–H groups in total. The summed E-state index contributed by atoms with van der Waals surface area (Å²) in [6.07, 6.45) is 9.70. The first-order valence-electron chi connectivity index (χ1n) is 10.7. The zero-order valence-corrected chi connectivity index (χ0v) is 18.2. The van der Waals surface area contributed by atoms with Crippen molar-refractivity contribution in [2.75, 3.05) is 0 Å². The fraction of sp³-hybridized carbons (Fsp3) is 0.375. The van der Waals surface area contributed by atoms with Crippen LogP contribution >= 0.6 is 12.2 Å². The summed E-state index contributed by atoms with van der Waals surface area (Å²) in [5, 5.41) is 5.29. The molecule has 0 spiro atoms. The van der Waals surface area contributed by atoms with E-state index in [1.807, 2.05) is 36.5 Å². The van der Waals surface area contributed by atoms with E-state index in [0.717, 1.165) is 29.3 Å². The molecule has 5 nitrogen and oxygen atoms in total. The van der Waals surface area contributed by atoms with E-state index in [1.54, 1.807) is 6.20 Å². The third-order valence-corrected chi connectivity index (χ3v) is 6.13. The monoisotopic (exact) mass is 420 g/mol. The molecule has 0 atom stereocenters. The van der Waals surface area contributed by atoms with E-state index >= 15 is 0 Å². The standard InChI is InChI=1S/C24H28N4OS/c1-17-9-10-22-19(12-17)13-20(23(29)27-22)16-28(15-18-6-5-11-25-14-18)24(30)26-21-7-3-2-4-8-21/h5-6,9-14,21H,2-4,7-8,15-16H2,1H3,(H,26,30)(H,27,29). The van der Waals surface area contributed by atoms with Gasteiger partial charge in [-0.1, -0.05) is 37.0 Å². The minimum atomic E-state index is -0.0667. The van der Waals surface area contributed by atoms with Gasteiger partial charge >= 0.3 is 0 Å². The number of hydrogen-bond donors (Lipinski definition) is 2. The van der Waals surface area contributed by atoms with Gasteiger partial charge in [0.05, 0.1) is 6.54 Å². The van der Waals surface area contributed by atoms with Crippen molar-refractivity contribution in [1.82, 2.24) is 20.2 Å². The second-order valence-corrected chi connectivity index (χ2v) is 8.60. The SMILES string of the molecule is Cc1ccc2[nH]c(=O)c(CN(Cc3cccnc3)C(=S)NC3CCCCC3)cc2c1. The van der Waals surface area contributed by atoms with Gasteiger partial charge in [0.15, 0.2) is 5.11 Å². The van der Waals surface area contributed by atoms with Gasteiger partial charge < -0.3 is 15.2 Å². The van der Waals surface area contributed by atoms with Gasteiger partial charge in [-0.15, -0.1) is 0 Å². The second-order valence-electron chi connectivity index (χ2n) is 8.22. The van der Waals surface area contributed by atoms with Crippen LogP contribution in [0.3, 0.4) is 0 Å². The zero-order valence-electron chi connectivity index (χ0n) is 17.4. The van der Waals surface area contributed by atoms with Gasteiger partial charge in [0.2, 0.25) is 0 Å². The Morgan fingerprint density at radius 3 is 2.80 bits per heavy atom. The van der Waals surface area contributed by atoms with Crippen LogP contribution in [0.4, 0.5) is 0 Å². The van der Waals surface area contributed by atoms with Crippen LogP contribution in [0.2, 0.25) is 0 Å². The molecule has 6 heteroatoms. The van der Waals surface area contributed by atoms with Gasteiger partial charge in [-0.3, -0.25) is 9.78 Å². The third-order valence-electron chi connectivity index (χ3n) is 5.75. The molecule has 1 fully saturated rings. The average molecular weight is 421 g/mol. The molecule has 0 saturated heterocycles. The van der Waals surface area contributed by atoms with E-state index in [9.17, 15) is 4.79 Å². The van der Waals surface area contributed by atoms with Crippen LogP contribution in [-0.4, -0.2) is 26.0 Å². The summed E-state index contributed by atoms with van der Waals surface area (Å²) >= 11 is 5.80. The molecule has 4 rings (SSSR count). The molecule has 1 aliphatic rings. The average Bonchev–Trinajstić information content (AvgIpc) is 2.75. The van der Waals surface area contributed by atoms with Crippen molar-refractivity contribution in [3.05, 3.63) is 75.8 Å². The number of fused-ring (bicyclic) bond motifs is 1. The highest BCUT2D eigenvalue weighted by Gasteiger charge is 2.19. The number of rotatable bonds is 5.